The standard InChI is InChI=1S/C17H18N2O3/c1-12-10-22-11-15(12)18-17(21)13-5-7-14(8-6-13)19-9-3-2-4-16(19)20/h2-9,12,15H,10-11H2,1H3,(H,18,21)/t12-,15+/m1/s1. The van der Waals surface area contributed by atoms with Gasteiger partial charge in [0.2, 0.25) is 0 Å². The molecular formula is C17H18N2O3. The molecule has 2 heterocycles. The number of hydrogen-bond acceptors (Lipinski definition) is 3. The van der Waals surface area contributed by atoms with Crippen molar-refractivity contribution in [2.24, 2.45) is 5.92 Å². The first-order valence-corrected chi connectivity index (χ1v) is 7.32. The molecule has 2 aromatic rings. The summed E-state index contributed by atoms with van der Waals surface area (Å²) in [5, 5.41) is 2.98. The SMILES string of the molecule is C[C@@H]1COC[C@@H]1NC(=O)c1ccc(-n2ccccc2=O)cc1. The molecule has 0 saturated carbocycles. The minimum Gasteiger partial charge on any atom is -0.379 e. The number of carbonyl (C=O) groups excluding carboxylic acids is 1. The summed E-state index contributed by atoms with van der Waals surface area (Å²) in [6.07, 6.45) is 1.70. The zero-order chi connectivity index (χ0) is 15.5. The van der Waals surface area contributed by atoms with Gasteiger partial charge in [0.15, 0.2) is 0 Å². The van der Waals surface area contributed by atoms with Gasteiger partial charge in [-0.15, -0.1) is 0 Å². The average Bonchev–Trinajstić information content (AvgIpc) is 2.93. The molecule has 1 aliphatic heterocycles. The summed E-state index contributed by atoms with van der Waals surface area (Å²) in [5.74, 6) is 0.209. The van der Waals surface area contributed by atoms with Crippen molar-refractivity contribution in [3.8, 4) is 5.69 Å². The van der Waals surface area contributed by atoms with Crippen molar-refractivity contribution < 1.29 is 9.53 Å². The second kappa shape index (κ2) is 6.15. The lowest BCUT2D eigenvalue weighted by Gasteiger charge is -2.15. The Hall–Kier alpha value is -2.40. The monoisotopic (exact) mass is 298 g/mol. The smallest absolute Gasteiger partial charge is 0.255 e. The van der Waals surface area contributed by atoms with Gasteiger partial charge in [0.05, 0.1) is 19.3 Å². The first kappa shape index (κ1) is 14.5. The first-order valence-electron chi connectivity index (χ1n) is 7.32. The van der Waals surface area contributed by atoms with Crippen LogP contribution in [0.25, 0.3) is 5.69 Å². The highest BCUT2D eigenvalue weighted by atomic mass is 16.5. The van der Waals surface area contributed by atoms with Crippen LogP contribution in [0.15, 0.2) is 53.5 Å². The van der Waals surface area contributed by atoms with E-state index in [0.717, 1.165) is 5.69 Å². The number of benzene rings is 1. The van der Waals surface area contributed by atoms with Crippen molar-refractivity contribution >= 4 is 5.91 Å². The molecular weight excluding hydrogens is 280 g/mol. The molecule has 1 amide bonds. The zero-order valence-corrected chi connectivity index (χ0v) is 12.4. The van der Waals surface area contributed by atoms with Crippen molar-refractivity contribution in [2.45, 2.75) is 13.0 Å². The van der Waals surface area contributed by atoms with Crippen molar-refractivity contribution in [3.05, 3.63) is 64.6 Å². The zero-order valence-electron chi connectivity index (χ0n) is 12.4. The third kappa shape index (κ3) is 2.94. The molecule has 1 saturated heterocycles. The molecule has 1 aliphatic rings. The van der Waals surface area contributed by atoms with Crippen LogP contribution in [-0.4, -0.2) is 29.7 Å². The lowest BCUT2D eigenvalue weighted by Crippen LogP contribution is -2.38. The van der Waals surface area contributed by atoms with Crippen molar-refractivity contribution in [1.82, 2.24) is 9.88 Å². The number of rotatable bonds is 3. The molecule has 0 bridgehead atoms. The Bertz CT molecular complexity index is 721. The van der Waals surface area contributed by atoms with Gasteiger partial charge in [-0.05, 0) is 30.3 Å². The Balaban J connectivity index is 1.75. The van der Waals surface area contributed by atoms with Crippen LogP contribution < -0.4 is 10.9 Å². The van der Waals surface area contributed by atoms with Crippen LogP contribution in [0.1, 0.15) is 17.3 Å². The Labute approximate surface area is 128 Å². The molecule has 1 aromatic carbocycles. The van der Waals surface area contributed by atoms with Gasteiger partial charge in [0.25, 0.3) is 11.5 Å². The van der Waals surface area contributed by atoms with Crippen LogP contribution in [-0.2, 0) is 4.74 Å². The minimum atomic E-state index is -0.116. The molecule has 0 radical (unpaired) electrons. The van der Waals surface area contributed by atoms with E-state index in [2.05, 4.69) is 12.2 Å². The Kier molecular flexibility index (Phi) is 4.06. The minimum absolute atomic E-state index is 0.0592. The van der Waals surface area contributed by atoms with Crippen molar-refractivity contribution in [2.75, 3.05) is 13.2 Å². The van der Waals surface area contributed by atoms with Crippen LogP contribution in [0, 0.1) is 5.92 Å². The fourth-order valence-corrected chi connectivity index (χ4v) is 2.51. The maximum atomic E-state index is 12.2. The summed E-state index contributed by atoms with van der Waals surface area (Å²) in [5.41, 5.74) is 1.21. The molecule has 0 aliphatic carbocycles. The Morgan fingerprint density at radius 1 is 1.18 bits per heavy atom. The Morgan fingerprint density at radius 2 is 1.95 bits per heavy atom. The fraction of sp³-hybridized carbons (Fsp3) is 0.294. The normalized spacial score (nSPS) is 20.8. The van der Waals surface area contributed by atoms with Gasteiger partial charge in [-0.3, -0.25) is 14.2 Å². The summed E-state index contributed by atoms with van der Waals surface area (Å²) in [6.45, 7) is 3.30. The molecule has 1 fully saturated rings. The molecule has 1 N–H and O–H groups in total. The molecule has 1 aromatic heterocycles. The van der Waals surface area contributed by atoms with Crippen LogP contribution in [0.3, 0.4) is 0 Å². The third-order valence-corrected chi connectivity index (χ3v) is 3.91. The van der Waals surface area contributed by atoms with E-state index in [4.69, 9.17) is 4.74 Å². The van der Waals surface area contributed by atoms with Crippen LogP contribution in [0.4, 0.5) is 0 Å². The van der Waals surface area contributed by atoms with E-state index in [0.29, 0.717) is 24.7 Å². The van der Waals surface area contributed by atoms with Gasteiger partial charge in [0, 0.05) is 29.4 Å². The fourth-order valence-electron chi connectivity index (χ4n) is 2.51. The summed E-state index contributed by atoms with van der Waals surface area (Å²) in [6, 6.07) is 12.0. The van der Waals surface area contributed by atoms with Gasteiger partial charge in [-0.2, -0.15) is 0 Å². The molecule has 5 nitrogen and oxygen atoms in total. The van der Waals surface area contributed by atoms with Gasteiger partial charge < -0.3 is 10.1 Å². The number of amides is 1. The maximum absolute atomic E-state index is 12.2. The third-order valence-electron chi connectivity index (χ3n) is 3.91. The number of carbonyl (C=O) groups is 1. The lowest BCUT2D eigenvalue weighted by atomic mass is 10.1. The van der Waals surface area contributed by atoms with Gasteiger partial charge in [-0.1, -0.05) is 13.0 Å². The Morgan fingerprint density at radius 3 is 2.59 bits per heavy atom. The number of hydrogen-bond donors (Lipinski definition) is 1. The van der Waals surface area contributed by atoms with Crippen molar-refractivity contribution in [3.63, 3.8) is 0 Å². The largest absolute Gasteiger partial charge is 0.379 e. The lowest BCUT2D eigenvalue weighted by molar-refractivity contribution is 0.0926. The molecule has 114 valence electrons. The van der Waals surface area contributed by atoms with Crippen LogP contribution >= 0.6 is 0 Å². The van der Waals surface area contributed by atoms with E-state index in [1.165, 1.54) is 10.6 Å². The van der Waals surface area contributed by atoms with Gasteiger partial charge in [0.1, 0.15) is 0 Å². The quantitative estimate of drug-likeness (QED) is 0.936. The summed E-state index contributed by atoms with van der Waals surface area (Å²) < 4.78 is 6.88. The predicted octanol–water partition coefficient (Wildman–Crippen LogP) is 1.60. The molecule has 5 heteroatoms. The number of aromatic nitrogens is 1. The maximum Gasteiger partial charge on any atom is 0.255 e. The van der Waals surface area contributed by atoms with E-state index in [-0.39, 0.29) is 17.5 Å². The van der Waals surface area contributed by atoms with E-state index < -0.39 is 0 Å². The van der Waals surface area contributed by atoms with Crippen molar-refractivity contribution in [1.29, 1.82) is 0 Å². The van der Waals surface area contributed by atoms with Crippen LogP contribution in [0.5, 0.6) is 0 Å². The van der Waals surface area contributed by atoms with Gasteiger partial charge in [-0.25, -0.2) is 0 Å². The highest BCUT2D eigenvalue weighted by Crippen LogP contribution is 2.14. The summed E-state index contributed by atoms with van der Waals surface area (Å²) >= 11 is 0. The number of pyridine rings is 1. The summed E-state index contributed by atoms with van der Waals surface area (Å²) in [4.78, 5) is 24.0. The summed E-state index contributed by atoms with van der Waals surface area (Å²) in [7, 11) is 0. The molecule has 22 heavy (non-hydrogen) atoms. The predicted molar refractivity (Wildman–Crippen MR) is 83.3 cm³/mol. The number of nitrogens with zero attached hydrogens (tertiary/aromatic N) is 1. The average molecular weight is 298 g/mol. The number of nitrogens with one attached hydrogen (secondary N) is 1. The highest BCUT2D eigenvalue weighted by molar-refractivity contribution is 5.94. The molecule has 3 rings (SSSR count). The number of ether oxygens (including phenoxy) is 1. The highest BCUT2D eigenvalue weighted by Gasteiger charge is 2.25. The van der Waals surface area contributed by atoms with E-state index in [1.807, 2.05) is 0 Å². The first-order chi connectivity index (χ1) is 10.6. The van der Waals surface area contributed by atoms with Crippen LogP contribution in [0.2, 0.25) is 0 Å². The molecule has 2 atom stereocenters. The van der Waals surface area contributed by atoms with Gasteiger partial charge >= 0.3 is 0 Å². The second-order valence-electron chi connectivity index (χ2n) is 5.55. The topological polar surface area (TPSA) is 60.3 Å². The van der Waals surface area contributed by atoms with E-state index >= 15 is 0 Å². The van der Waals surface area contributed by atoms with E-state index in [1.54, 1.807) is 42.6 Å². The molecule has 0 spiro atoms. The molecule has 0 unspecified atom stereocenters. The van der Waals surface area contributed by atoms with E-state index in [9.17, 15) is 9.59 Å². The second-order valence-corrected chi connectivity index (χ2v) is 5.55.